The van der Waals surface area contributed by atoms with Gasteiger partial charge in [-0.15, -0.1) is 0 Å². The Morgan fingerprint density at radius 3 is 2.29 bits per heavy atom. The van der Waals surface area contributed by atoms with Gasteiger partial charge in [0, 0.05) is 36.8 Å². The van der Waals surface area contributed by atoms with E-state index in [0.717, 1.165) is 0 Å². The number of ether oxygens (including phenoxy) is 1. The van der Waals surface area contributed by atoms with Gasteiger partial charge in [-0.1, -0.05) is 6.08 Å². The second kappa shape index (κ2) is 10.7. The molecule has 0 bridgehead atoms. The topological polar surface area (TPSA) is 42.4 Å². The van der Waals surface area contributed by atoms with Gasteiger partial charge in [-0.3, -0.25) is 4.79 Å². The summed E-state index contributed by atoms with van der Waals surface area (Å²) >= 11 is 0. The van der Waals surface area contributed by atoms with Crippen molar-refractivity contribution in [3.63, 3.8) is 0 Å². The molecule has 0 N–H and O–H groups in total. The third kappa shape index (κ3) is 6.07. The molecule has 1 aromatic heterocycles. The molecule has 1 aliphatic carbocycles. The summed E-state index contributed by atoms with van der Waals surface area (Å²) in [7, 11) is 0. The van der Waals surface area contributed by atoms with Crippen molar-refractivity contribution in [2.24, 2.45) is 11.8 Å². The van der Waals surface area contributed by atoms with Crippen LogP contribution in [-0.4, -0.2) is 34.5 Å². The van der Waals surface area contributed by atoms with Crippen molar-refractivity contribution < 1.29 is 44.7 Å². The second-order valence-corrected chi connectivity index (χ2v) is 10.4. The third-order valence-electron chi connectivity index (χ3n) is 7.80. The van der Waals surface area contributed by atoms with E-state index in [1.54, 1.807) is 17.0 Å². The van der Waals surface area contributed by atoms with E-state index in [4.69, 9.17) is 4.74 Å². The van der Waals surface area contributed by atoms with Gasteiger partial charge in [-0.25, -0.2) is 9.37 Å². The van der Waals surface area contributed by atoms with Gasteiger partial charge in [0.15, 0.2) is 0 Å². The molecule has 4 nitrogen and oxygen atoms in total. The van der Waals surface area contributed by atoms with E-state index in [2.05, 4.69) is 4.98 Å². The Morgan fingerprint density at radius 2 is 1.71 bits per heavy atom. The van der Waals surface area contributed by atoms with Gasteiger partial charge in [-0.2, -0.15) is 30.7 Å². The highest BCUT2D eigenvalue weighted by Crippen LogP contribution is 2.45. The van der Waals surface area contributed by atoms with Crippen LogP contribution in [0.2, 0.25) is 0 Å². The first-order valence-corrected chi connectivity index (χ1v) is 12.8. The number of hydrogen-bond donors (Lipinski definition) is 0. The molecule has 2 aliphatic heterocycles. The maximum absolute atomic E-state index is 13.8. The minimum atomic E-state index is -5.02. The van der Waals surface area contributed by atoms with Crippen LogP contribution in [0.25, 0.3) is 5.57 Å². The SMILES string of the molecule is C[C@@H](O[C@H]1CN2C(=O)C=C(c3ccnc(F)c3)C[C@H]2C1C1C=CC(F)=CC1)c1cc(C(F)(F)F)cc(C(F)(F)F)c1. The molecule has 2 aromatic rings. The Bertz CT molecular complexity index is 1400. The van der Waals surface area contributed by atoms with Gasteiger partial charge in [0.2, 0.25) is 11.9 Å². The zero-order valence-corrected chi connectivity index (χ0v) is 21.5. The molecule has 218 valence electrons. The van der Waals surface area contributed by atoms with Crippen LogP contribution in [-0.2, 0) is 21.9 Å². The van der Waals surface area contributed by atoms with Gasteiger partial charge < -0.3 is 9.64 Å². The highest BCUT2D eigenvalue weighted by atomic mass is 19.4. The molecule has 1 aromatic carbocycles. The fourth-order valence-electron chi connectivity index (χ4n) is 5.87. The van der Waals surface area contributed by atoms with Gasteiger partial charge in [0.25, 0.3) is 0 Å². The molecule has 2 unspecified atom stereocenters. The monoisotopic (exact) mass is 584 g/mol. The molecule has 0 saturated carbocycles. The fraction of sp³-hybridized carbons (Fsp3) is 0.379. The quantitative estimate of drug-likeness (QED) is 0.271. The number of allylic oxidation sites excluding steroid dienone is 4. The number of nitrogens with zero attached hydrogens (tertiary/aromatic N) is 2. The van der Waals surface area contributed by atoms with Gasteiger partial charge in [-0.05, 0) is 78.8 Å². The summed E-state index contributed by atoms with van der Waals surface area (Å²) in [5.41, 5.74) is -2.23. The van der Waals surface area contributed by atoms with E-state index in [9.17, 15) is 39.9 Å². The second-order valence-electron chi connectivity index (χ2n) is 10.4. The number of amides is 1. The molecule has 3 aliphatic rings. The summed E-state index contributed by atoms with van der Waals surface area (Å²) < 4.78 is 115. The molecule has 1 fully saturated rings. The van der Waals surface area contributed by atoms with E-state index in [1.165, 1.54) is 37.4 Å². The van der Waals surface area contributed by atoms with Crippen molar-refractivity contribution in [1.82, 2.24) is 9.88 Å². The third-order valence-corrected chi connectivity index (χ3v) is 7.80. The first kappa shape index (κ1) is 29.0. The molecule has 3 heterocycles. The molecule has 5 atom stereocenters. The van der Waals surface area contributed by atoms with Crippen LogP contribution in [0.5, 0.6) is 0 Å². The number of benzene rings is 1. The molecule has 0 radical (unpaired) electrons. The van der Waals surface area contributed by atoms with Crippen LogP contribution in [0.1, 0.15) is 48.1 Å². The van der Waals surface area contributed by atoms with Crippen molar-refractivity contribution in [2.75, 3.05) is 6.54 Å². The van der Waals surface area contributed by atoms with Crippen LogP contribution in [0.3, 0.4) is 0 Å². The smallest absolute Gasteiger partial charge is 0.368 e. The minimum absolute atomic E-state index is 0.0224. The molecule has 1 amide bonds. The van der Waals surface area contributed by atoms with E-state index in [1.807, 2.05) is 0 Å². The van der Waals surface area contributed by atoms with Gasteiger partial charge in [0.1, 0.15) is 5.83 Å². The molecule has 12 heteroatoms. The lowest BCUT2D eigenvalue weighted by atomic mass is 9.77. The summed E-state index contributed by atoms with van der Waals surface area (Å²) in [6.07, 6.45) is -4.58. The zero-order valence-electron chi connectivity index (χ0n) is 21.5. The summed E-state index contributed by atoms with van der Waals surface area (Å²) in [5, 5.41) is 0. The maximum Gasteiger partial charge on any atom is 0.416 e. The van der Waals surface area contributed by atoms with Crippen LogP contribution in [0.4, 0.5) is 35.1 Å². The number of carbonyl (C=O) groups is 1. The fourth-order valence-corrected chi connectivity index (χ4v) is 5.87. The average Bonchev–Trinajstić information content (AvgIpc) is 3.26. The normalized spacial score (nSPS) is 25.6. The van der Waals surface area contributed by atoms with Crippen molar-refractivity contribution in [1.29, 1.82) is 0 Å². The number of rotatable bonds is 5. The molecular formula is C29H24F8N2O2. The Kier molecular flexibility index (Phi) is 7.56. The van der Waals surface area contributed by atoms with Gasteiger partial charge >= 0.3 is 12.4 Å². The number of alkyl halides is 6. The van der Waals surface area contributed by atoms with Crippen LogP contribution in [0, 0.1) is 17.8 Å². The van der Waals surface area contributed by atoms with E-state index in [-0.39, 0.29) is 36.9 Å². The Balaban J connectivity index is 1.47. The number of pyridine rings is 1. The molecule has 1 saturated heterocycles. The summed E-state index contributed by atoms with van der Waals surface area (Å²) in [6.45, 7) is 1.38. The number of carbonyl (C=O) groups excluding carboxylic acids is 1. The van der Waals surface area contributed by atoms with Crippen molar-refractivity contribution in [3.05, 3.63) is 94.9 Å². The predicted molar refractivity (Wildman–Crippen MR) is 132 cm³/mol. The lowest BCUT2D eigenvalue weighted by molar-refractivity contribution is -0.143. The first-order chi connectivity index (χ1) is 19.2. The zero-order chi connectivity index (χ0) is 29.7. The molecule has 41 heavy (non-hydrogen) atoms. The van der Waals surface area contributed by atoms with E-state index in [0.29, 0.717) is 23.3 Å². The number of hydrogen-bond acceptors (Lipinski definition) is 3. The standard InChI is InChI=1S/C29H24F8N2O2/c1-15(18-8-20(28(32,33)34)13-21(9-18)29(35,36)37)41-24-14-39-23(27(24)16-2-4-22(30)5-3-16)10-19(12-26(39)40)17-6-7-38-25(31)11-17/h2,4-9,11-13,15-16,23-24,27H,3,10,14H2,1H3/t15-,16?,23+,24+,27?/m1/s1. The van der Waals surface area contributed by atoms with E-state index < -0.39 is 65.3 Å². The lowest BCUT2D eigenvalue weighted by Gasteiger charge is -2.36. The number of aromatic nitrogens is 1. The van der Waals surface area contributed by atoms with Gasteiger partial charge in [0.05, 0.1) is 23.3 Å². The number of halogens is 8. The Morgan fingerprint density at radius 1 is 1.02 bits per heavy atom. The Labute approximate surface area is 230 Å². The molecule has 0 spiro atoms. The molecular weight excluding hydrogens is 560 g/mol. The number of fused-ring (bicyclic) bond motifs is 1. The highest BCUT2D eigenvalue weighted by molar-refractivity contribution is 5.97. The largest absolute Gasteiger partial charge is 0.416 e. The van der Waals surface area contributed by atoms with Crippen LogP contribution < -0.4 is 0 Å². The lowest BCUT2D eigenvalue weighted by Crippen LogP contribution is -2.41. The van der Waals surface area contributed by atoms with Crippen molar-refractivity contribution in [3.8, 4) is 0 Å². The van der Waals surface area contributed by atoms with Crippen LogP contribution >= 0.6 is 0 Å². The van der Waals surface area contributed by atoms with Crippen LogP contribution in [0.15, 0.2) is 66.7 Å². The summed E-state index contributed by atoms with van der Waals surface area (Å²) in [5.74, 6) is -2.39. The highest BCUT2D eigenvalue weighted by Gasteiger charge is 2.49. The maximum atomic E-state index is 13.8. The first-order valence-electron chi connectivity index (χ1n) is 12.8. The predicted octanol–water partition coefficient (Wildman–Crippen LogP) is 7.45. The minimum Gasteiger partial charge on any atom is -0.368 e. The molecule has 5 rings (SSSR count). The summed E-state index contributed by atoms with van der Waals surface area (Å²) in [6, 6.07) is 3.56. The van der Waals surface area contributed by atoms with E-state index >= 15 is 0 Å². The van der Waals surface area contributed by atoms with Crippen molar-refractivity contribution >= 4 is 11.5 Å². The Hall–Kier alpha value is -3.54. The average molecular weight is 585 g/mol. The van der Waals surface area contributed by atoms with Crippen molar-refractivity contribution in [2.45, 2.75) is 50.4 Å². The summed E-state index contributed by atoms with van der Waals surface area (Å²) in [4.78, 5) is 18.3.